The molecule has 8 nitrogen and oxygen atoms in total. The van der Waals surface area contributed by atoms with Crippen molar-refractivity contribution in [3.8, 4) is 0 Å². The molecule has 0 saturated carbocycles. The zero-order valence-corrected chi connectivity index (χ0v) is 11.2. The summed E-state index contributed by atoms with van der Waals surface area (Å²) in [6.07, 6.45) is -4.10. The number of hydrogen-bond donors (Lipinski definition) is 5. The van der Waals surface area contributed by atoms with Gasteiger partial charge in [-0.15, -0.1) is 0 Å². The second kappa shape index (κ2) is 4.95. The Bertz CT molecular complexity index is 537. The van der Waals surface area contributed by atoms with Crippen molar-refractivity contribution in [2.75, 3.05) is 6.61 Å². The number of aliphatic hydroxyl groups is 3. The van der Waals surface area contributed by atoms with Crippen molar-refractivity contribution in [2.24, 2.45) is 0 Å². The average molecular weight is 301 g/mol. The predicted molar refractivity (Wildman–Crippen MR) is 66.9 cm³/mol. The molecule has 5 N–H and O–H groups in total. The van der Waals surface area contributed by atoms with Gasteiger partial charge in [0, 0.05) is 17.3 Å². The van der Waals surface area contributed by atoms with Crippen LogP contribution >= 0.6 is 0 Å². The van der Waals surface area contributed by atoms with Crippen molar-refractivity contribution in [1.82, 2.24) is 15.5 Å². The fraction of sp³-hybridized carbons (Fsp3) is 0.583. The molecule has 3 heterocycles. The maximum Gasteiger partial charge on any atom is 0.325 e. The van der Waals surface area contributed by atoms with Crippen molar-refractivity contribution >= 4 is 6.03 Å². The quantitative estimate of drug-likeness (QED) is 0.395. The summed E-state index contributed by atoms with van der Waals surface area (Å²) >= 11 is 0. The van der Waals surface area contributed by atoms with Crippen LogP contribution in [0.15, 0.2) is 23.3 Å². The summed E-state index contributed by atoms with van der Waals surface area (Å²) in [6, 6.07) is -0.603. The first-order valence-corrected chi connectivity index (χ1v) is 6.50. The van der Waals surface area contributed by atoms with E-state index in [2.05, 4.69) is 10.6 Å². The van der Waals surface area contributed by atoms with Crippen LogP contribution in [0, 0.1) is 0 Å². The molecule has 3 aliphatic rings. The zero-order chi connectivity index (χ0) is 15.3. The maximum absolute atomic E-state index is 13.5. The van der Waals surface area contributed by atoms with Crippen LogP contribution in [-0.4, -0.2) is 63.6 Å². The Morgan fingerprint density at radius 1 is 1.38 bits per heavy atom. The number of carbonyl (C=O) groups is 1. The van der Waals surface area contributed by atoms with Crippen molar-refractivity contribution in [2.45, 2.75) is 37.6 Å². The van der Waals surface area contributed by atoms with E-state index in [4.69, 9.17) is 9.84 Å². The van der Waals surface area contributed by atoms with Gasteiger partial charge in [0.1, 0.15) is 24.5 Å². The predicted octanol–water partition coefficient (Wildman–Crippen LogP) is -1.54. The molecule has 3 rings (SSSR count). The van der Waals surface area contributed by atoms with Crippen molar-refractivity contribution < 1.29 is 29.2 Å². The molecule has 9 heteroatoms. The smallest absolute Gasteiger partial charge is 0.325 e. The van der Waals surface area contributed by atoms with Gasteiger partial charge in [0.05, 0.1) is 6.61 Å². The fourth-order valence-electron chi connectivity index (χ4n) is 2.65. The SMILES string of the molecule is CC1=C(F)NC2NC(=O)N(C3OC(CO)C(O)C3O)C=C12. The van der Waals surface area contributed by atoms with Crippen LogP contribution in [0.5, 0.6) is 0 Å². The summed E-state index contributed by atoms with van der Waals surface area (Å²) in [4.78, 5) is 13.1. The molecule has 3 aliphatic heterocycles. The fourth-order valence-corrected chi connectivity index (χ4v) is 2.65. The second-order valence-corrected chi connectivity index (χ2v) is 5.19. The van der Waals surface area contributed by atoms with Gasteiger partial charge in [0.2, 0.25) is 0 Å². The molecule has 0 aromatic carbocycles. The van der Waals surface area contributed by atoms with E-state index in [1.807, 2.05) is 0 Å². The van der Waals surface area contributed by atoms with Crippen LogP contribution < -0.4 is 10.6 Å². The second-order valence-electron chi connectivity index (χ2n) is 5.19. The Kier molecular flexibility index (Phi) is 3.36. The van der Waals surface area contributed by atoms with Gasteiger partial charge in [0.25, 0.3) is 0 Å². The minimum Gasteiger partial charge on any atom is -0.394 e. The molecule has 0 aromatic heterocycles. The summed E-state index contributed by atoms with van der Waals surface area (Å²) in [5.41, 5.74) is 0.849. The van der Waals surface area contributed by atoms with E-state index in [9.17, 15) is 19.4 Å². The Labute approximate surface area is 119 Å². The Morgan fingerprint density at radius 3 is 2.71 bits per heavy atom. The van der Waals surface area contributed by atoms with E-state index in [1.54, 1.807) is 6.92 Å². The zero-order valence-electron chi connectivity index (χ0n) is 11.2. The standard InChI is InChI=1S/C12H16FN3O5/c1-4-5-2-16(12(20)15-10(5)14-9(4)13)11-8(19)7(18)6(3-17)21-11/h2,6-8,10-11,14,17-19H,3H2,1H3,(H,15,20). The van der Waals surface area contributed by atoms with Crippen LogP contribution in [0.2, 0.25) is 0 Å². The lowest BCUT2D eigenvalue weighted by Crippen LogP contribution is -2.56. The summed E-state index contributed by atoms with van der Waals surface area (Å²) in [5.74, 6) is -0.533. The highest BCUT2D eigenvalue weighted by Gasteiger charge is 2.48. The summed E-state index contributed by atoms with van der Waals surface area (Å²) in [5, 5.41) is 33.8. The van der Waals surface area contributed by atoms with Gasteiger partial charge in [-0.05, 0) is 6.92 Å². The minimum absolute atomic E-state index is 0.344. The highest BCUT2D eigenvalue weighted by atomic mass is 19.1. The van der Waals surface area contributed by atoms with Crippen LogP contribution in [0.1, 0.15) is 6.92 Å². The summed E-state index contributed by atoms with van der Waals surface area (Å²) in [7, 11) is 0. The topological polar surface area (TPSA) is 114 Å². The van der Waals surface area contributed by atoms with Crippen LogP contribution in [0.25, 0.3) is 0 Å². The third-order valence-corrected chi connectivity index (χ3v) is 3.92. The first-order valence-electron chi connectivity index (χ1n) is 6.50. The van der Waals surface area contributed by atoms with E-state index < -0.39 is 49.3 Å². The molecule has 0 radical (unpaired) electrons. The van der Waals surface area contributed by atoms with Gasteiger partial charge < -0.3 is 30.7 Å². The number of nitrogens with zero attached hydrogens (tertiary/aromatic N) is 1. The van der Waals surface area contributed by atoms with Crippen LogP contribution in [0.4, 0.5) is 9.18 Å². The number of nitrogens with one attached hydrogen (secondary N) is 2. The summed E-state index contributed by atoms with van der Waals surface area (Å²) < 4.78 is 18.8. The van der Waals surface area contributed by atoms with E-state index in [0.29, 0.717) is 11.1 Å². The molecule has 1 fully saturated rings. The molecule has 0 spiro atoms. The molecule has 21 heavy (non-hydrogen) atoms. The normalized spacial score (nSPS) is 39.1. The van der Waals surface area contributed by atoms with Crippen molar-refractivity contribution in [3.05, 3.63) is 23.3 Å². The van der Waals surface area contributed by atoms with Gasteiger partial charge in [-0.25, -0.2) is 4.79 Å². The number of amides is 2. The van der Waals surface area contributed by atoms with Gasteiger partial charge >= 0.3 is 6.03 Å². The number of urea groups is 1. The highest BCUT2D eigenvalue weighted by molar-refractivity contribution is 5.79. The lowest BCUT2D eigenvalue weighted by atomic mass is 10.1. The van der Waals surface area contributed by atoms with Crippen LogP contribution in [0.3, 0.4) is 0 Å². The molecule has 0 aromatic rings. The Balaban J connectivity index is 1.89. The molecule has 0 bridgehead atoms. The van der Waals surface area contributed by atoms with E-state index in [0.717, 1.165) is 4.90 Å². The molecule has 1 saturated heterocycles. The average Bonchev–Trinajstić information content (AvgIpc) is 2.88. The molecule has 2 amide bonds. The van der Waals surface area contributed by atoms with E-state index >= 15 is 0 Å². The van der Waals surface area contributed by atoms with E-state index in [1.165, 1.54) is 6.20 Å². The number of fused-ring (bicyclic) bond motifs is 1. The number of hydrogen-bond acceptors (Lipinski definition) is 6. The Hall–Kier alpha value is -1.68. The first kappa shape index (κ1) is 14.3. The van der Waals surface area contributed by atoms with Gasteiger partial charge in [-0.3, -0.25) is 4.90 Å². The highest BCUT2D eigenvalue weighted by Crippen LogP contribution is 2.31. The monoisotopic (exact) mass is 301 g/mol. The lowest BCUT2D eigenvalue weighted by Gasteiger charge is -2.33. The van der Waals surface area contributed by atoms with Crippen LogP contribution in [-0.2, 0) is 4.74 Å². The molecule has 0 aliphatic carbocycles. The number of halogens is 1. The largest absolute Gasteiger partial charge is 0.394 e. The number of aliphatic hydroxyl groups excluding tert-OH is 3. The molecular formula is C12H16FN3O5. The van der Waals surface area contributed by atoms with Gasteiger partial charge in [0.15, 0.2) is 12.2 Å². The number of carbonyl (C=O) groups excluding carboxylic acids is 1. The summed E-state index contributed by atoms with van der Waals surface area (Å²) in [6.45, 7) is 1.07. The van der Waals surface area contributed by atoms with E-state index in [-0.39, 0.29) is 0 Å². The molecule has 116 valence electrons. The molecular weight excluding hydrogens is 285 g/mol. The lowest BCUT2D eigenvalue weighted by molar-refractivity contribution is -0.0664. The third kappa shape index (κ3) is 2.09. The molecule has 5 atom stereocenters. The third-order valence-electron chi connectivity index (χ3n) is 3.92. The number of ether oxygens (including phenoxy) is 1. The first-order chi connectivity index (χ1) is 9.93. The number of rotatable bonds is 2. The van der Waals surface area contributed by atoms with Gasteiger partial charge in [-0.2, -0.15) is 4.39 Å². The van der Waals surface area contributed by atoms with Crippen molar-refractivity contribution in [1.29, 1.82) is 0 Å². The van der Waals surface area contributed by atoms with Gasteiger partial charge in [-0.1, -0.05) is 0 Å². The minimum atomic E-state index is -1.37. The Morgan fingerprint density at radius 2 is 2.10 bits per heavy atom. The molecule has 5 unspecified atom stereocenters. The maximum atomic E-state index is 13.5. The van der Waals surface area contributed by atoms with Crippen molar-refractivity contribution in [3.63, 3.8) is 0 Å².